The number of likely N-dealkylation sites (tertiary alicyclic amines) is 1. The van der Waals surface area contributed by atoms with Crippen LogP contribution in [0.15, 0.2) is 24.3 Å². The summed E-state index contributed by atoms with van der Waals surface area (Å²) in [6, 6.07) is 7.51. The lowest BCUT2D eigenvalue weighted by Gasteiger charge is -2.52. The van der Waals surface area contributed by atoms with Crippen LogP contribution in [0.2, 0.25) is 10.0 Å². The van der Waals surface area contributed by atoms with Crippen LogP contribution in [0.25, 0.3) is 0 Å². The van der Waals surface area contributed by atoms with E-state index in [0.29, 0.717) is 45.4 Å². The van der Waals surface area contributed by atoms with Gasteiger partial charge >= 0.3 is 5.97 Å². The molecule has 2 aromatic rings. The Labute approximate surface area is 240 Å². The lowest BCUT2D eigenvalue weighted by atomic mass is 9.65. The minimum Gasteiger partial charge on any atom is -0.481 e. The van der Waals surface area contributed by atoms with E-state index in [1.807, 2.05) is 26.0 Å². The highest BCUT2D eigenvalue weighted by molar-refractivity contribution is 6.35. The lowest BCUT2D eigenvalue weighted by molar-refractivity contribution is -0.158. The van der Waals surface area contributed by atoms with E-state index in [9.17, 15) is 15.0 Å². The number of nitrogens with one attached hydrogen (secondary N) is 1. The minimum atomic E-state index is -1.11. The van der Waals surface area contributed by atoms with Gasteiger partial charge in [0, 0.05) is 41.8 Å². The van der Waals surface area contributed by atoms with Crippen molar-refractivity contribution in [3.63, 3.8) is 0 Å². The summed E-state index contributed by atoms with van der Waals surface area (Å²) in [7, 11) is 0. The average molecular weight is 577 g/mol. The number of halogens is 2. The summed E-state index contributed by atoms with van der Waals surface area (Å²) in [4.78, 5) is 25.8. The van der Waals surface area contributed by atoms with E-state index >= 15 is 0 Å². The second kappa shape index (κ2) is 10.7. The molecule has 1 aromatic heterocycles. The molecule has 8 nitrogen and oxygen atoms in total. The van der Waals surface area contributed by atoms with E-state index < -0.39 is 17.0 Å². The molecule has 1 aliphatic carbocycles. The van der Waals surface area contributed by atoms with Crippen LogP contribution in [-0.2, 0) is 10.4 Å². The molecule has 212 valence electrons. The van der Waals surface area contributed by atoms with Gasteiger partial charge in [-0.2, -0.15) is 4.98 Å². The Bertz CT molecular complexity index is 1220. The van der Waals surface area contributed by atoms with Crippen LogP contribution >= 0.6 is 23.2 Å². The lowest BCUT2D eigenvalue weighted by Crippen LogP contribution is -2.58. The number of rotatable bonds is 8. The van der Waals surface area contributed by atoms with Crippen LogP contribution in [0.5, 0.6) is 0 Å². The maximum atomic E-state index is 11.5. The highest BCUT2D eigenvalue weighted by Crippen LogP contribution is 2.45. The number of piperidine rings is 1. The second-order valence-corrected chi connectivity index (χ2v) is 13.4. The van der Waals surface area contributed by atoms with Crippen LogP contribution in [-0.4, -0.2) is 63.3 Å². The van der Waals surface area contributed by atoms with Crippen molar-refractivity contribution in [2.24, 2.45) is 17.3 Å². The Kier molecular flexibility index (Phi) is 7.79. The third-order valence-electron chi connectivity index (χ3n) is 8.89. The number of aromatic nitrogens is 2. The zero-order valence-electron chi connectivity index (χ0n) is 23.1. The number of carboxylic acid groups (broad SMARTS) is 1. The number of benzene rings is 1. The average Bonchev–Trinajstić information content (AvgIpc) is 2.80. The molecule has 3 heterocycles. The fourth-order valence-corrected chi connectivity index (χ4v) is 6.83. The van der Waals surface area contributed by atoms with Gasteiger partial charge in [-0.1, -0.05) is 29.3 Å². The maximum Gasteiger partial charge on any atom is 0.309 e. The molecule has 5 rings (SSSR count). The van der Waals surface area contributed by atoms with Gasteiger partial charge in [-0.25, -0.2) is 4.98 Å². The Hall–Kier alpha value is -2.13. The molecule has 0 radical (unpaired) electrons. The molecule has 2 saturated heterocycles. The van der Waals surface area contributed by atoms with E-state index in [0.717, 1.165) is 51.0 Å². The summed E-state index contributed by atoms with van der Waals surface area (Å²) < 4.78 is 0. The van der Waals surface area contributed by atoms with Crippen molar-refractivity contribution < 1.29 is 15.0 Å². The molecule has 0 bridgehead atoms. The van der Waals surface area contributed by atoms with Gasteiger partial charge in [0.2, 0.25) is 5.95 Å². The summed E-state index contributed by atoms with van der Waals surface area (Å²) in [5.74, 6) is 1.72. The first kappa shape index (κ1) is 28.4. The van der Waals surface area contributed by atoms with Gasteiger partial charge in [-0.05, 0) is 89.5 Å². The molecule has 3 fully saturated rings. The van der Waals surface area contributed by atoms with Crippen molar-refractivity contribution in [1.29, 1.82) is 0 Å². The molecule has 2 aliphatic heterocycles. The molecule has 3 aliphatic rings. The zero-order chi connectivity index (χ0) is 28.1. The van der Waals surface area contributed by atoms with Gasteiger partial charge in [-0.15, -0.1) is 0 Å². The summed E-state index contributed by atoms with van der Waals surface area (Å²) in [5.41, 5.74) is -0.206. The molecule has 0 spiro atoms. The van der Waals surface area contributed by atoms with Crippen molar-refractivity contribution in [3.05, 3.63) is 45.6 Å². The van der Waals surface area contributed by atoms with Crippen molar-refractivity contribution in [2.75, 3.05) is 36.4 Å². The largest absolute Gasteiger partial charge is 0.481 e. The van der Waals surface area contributed by atoms with E-state index in [4.69, 9.17) is 33.2 Å². The standard InChI is InChI=1S/C29H39Cl2N5O3/c1-17(22-8-7-20(30)10-23(22)31)32-25-11-24(28(2,3)39)33-27(34-25)36-15-19(16-36)18-6-5-9-35(14-18)21-12-29(4,13-21)26(37)38/h7-8,10-11,17-19,21,39H,5-6,9,12-16H2,1-4H3,(H,37,38)(H,32,33,34)/t17-,18+,21-,29-/m1/s1. The number of hydrogen-bond acceptors (Lipinski definition) is 7. The van der Waals surface area contributed by atoms with Crippen molar-refractivity contribution in [1.82, 2.24) is 14.9 Å². The quantitative estimate of drug-likeness (QED) is 0.374. The number of anilines is 2. The molecule has 2 atom stereocenters. The smallest absolute Gasteiger partial charge is 0.309 e. The van der Waals surface area contributed by atoms with Crippen LogP contribution in [0, 0.1) is 17.3 Å². The first-order chi connectivity index (χ1) is 18.3. The number of nitrogens with zero attached hydrogens (tertiary/aromatic N) is 4. The molecule has 0 unspecified atom stereocenters. The van der Waals surface area contributed by atoms with Crippen LogP contribution < -0.4 is 10.2 Å². The van der Waals surface area contributed by atoms with Gasteiger partial charge < -0.3 is 25.3 Å². The Balaban J connectivity index is 1.24. The molecule has 10 heteroatoms. The Morgan fingerprint density at radius 2 is 1.87 bits per heavy atom. The molecule has 1 aromatic carbocycles. The monoisotopic (exact) mass is 575 g/mol. The molecule has 39 heavy (non-hydrogen) atoms. The van der Waals surface area contributed by atoms with Gasteiger partial charge in [-0.3, -0.25) is 4.79 Å². The predicted molar refractivity (Wildman–Crippen MR) is 155 cm³/mol. The number of aliphatic hydroxyl groups is 1. The Morgan fingerprint density at radius 3 is 2.51 bits per heavy atom. The van der Waals surface area contributed by atoms with E-state index in [1.165, 1.54) is 6.42 Å². The molecule has 3 N–H and O–H groups in total. The summed E-state index contributed by atoms with van der Waals surface area (Å²) in [5, 5.41) is 24.8. The van der Waals surface area contributed by atoms with Gasteiger partial charge in [0.25, 0.3) is 0 Å². The van der Waals surface area contributed by atoms with Crippen LogP contribution in [0.4, 0.5) is 11.8 Å². The predicted octanol–water partition coefficient (Wildman–Crippen LogP) is 5.59. The first-order valence-electron chi connectivity index (χ1n) is 13.9. The highest BCUT2D eigenvalue weighted by atomic mass is 35.5. The number of carboxylic acids is 1. The van der Waals surface area contributed by atoms with E-state index in [-0.39, 0.29) is 6.04 Å². The fourth-order valence-electron chi connectivity index (χ4n) is 6.26. The molecule has 0 amide bonds. The molecular weight excluding hydrogens is 537 g/mol. The van der Waals surface area contributed by atoms with Gasteiger partial charge in [0.1, 0.15) is 11.4 Å². The summed E-state index contributed by atoms with van der Waals surface area (Å²) in [6.07, 6.45) is 3.86. The van der Waals surface area contributed by atoms with E-state index in [1.54, 1.807) is 26.0 Å². The SMILES string of the molecule is C[C@@H](Nc1cc(C(C)(C)O)nc(N2CC([C@H]3CCCN([C@H]4C[C@](C)(C(=O)O)C4)C3)C2)n1)c1ccc(Cl)cc1Cl. The summed E-state index contributed by atoms with van der Waals surface area (Å²) in [6.45, 7) is 11.2. The maximum absolute atomic E-state index is 11.5. The Morgan fingerprint density at radius 1 is 1.15 bits per heavy atom. The zero-order valence-corrected chi connectivity index (χ0v) is 24.6. The number of hydrogen-bond donors (Lipinski definition) is 3. The number of carbonyl (C=O) groups is 1. The molecule has 1 saturated carbocycles. The minimum absolute atomic E-state index is 0.126. The summed E-state index contributed by atoms with van der Waals surface area (Å²) >= 11 is 12.5. The van der Waals surface area contributed by atoms with Crippen LogP contribution in [0.3, 0.4) is 0 Å². The molecular formula is C29H39Cl2N5O3. The van der Waals surface area contributed by atoms with E-state index in [2.05, 4.69) is 15.1 Å². The topological polar surface area (TPSA) is 102 Å². The first-order valence-corrected chi connectivity index (χ1v) is 14.6. The van der Waals surface area contributed by atoms with Gasteiger partial charge in [0.05, 0.1) is 17.2 Å². The number of aliphatic carboxylic acids is 1. The van der Waals surface area contributed by atoms with Crippen molar-refractivity contribution in [3.8, 4) is 0 Å². The second-order valence-electron chi connectivity index (χ2n) is 12.5. The van der Waals surface area contributed by atoms with Gasteiger partial charge in [0.15, 0.2) is 0 Å². The third kappa shape index (κ3) is 5.99. The normalized spacial score (nSPS) is 27.0. The highest BCUT2D eigenvalue weighted by Gasteiger charge is 2.49. The fraction of sp³-hybridized carbons (Fsp3) is 0.621. The van der Waals surface area contributed by atoms with Crippen molar-refractivity contribution in [2.45, 2.75) is 71.1 Å². The van der Waals surface area contributed by atoms with Crippen LogP contribution in [0.1, 0.15) is 70.7 Å². The van der Waals surface area contributed by atoms with Crippen molar-refractivity contribution >= 4 is 40.9 Å². The third-order valence-corrected chi connectivity index (χ3v) is 9.45.